The average molecular weight is 145 g/mol. The molecule has 1 fully saturated rings. The Kier molecular flexibility index (Phi) is 2.24. The van der Waals surface area contributed by atoms with E-state index in [0.717, 1.165) is 19.4 Å². The highest BCUT2D eigenvalue weighted by Gasteiger charge is 2.27. The normalized spacial score (nSPS) is 28.3. The van der Waals surface area contributed by atoms with E-state index in [2.05, 4.69) is 5.32 Å². The summed E-state index contributed by atoms with van der Waals surface area (Å²) in [4.78, 5) is 10.2. The molecule has 1 rings (SSSR count). The van der Waals surface area contributed by atoms with Crippen molar-refractivity contribution in [1.29, 1.82) is 0 Å². The second-order valence-corrected chi connectivity index (χ2v) is 2.49. The van der Waals surface area contributed by atoms with Gasteiger partial charge in [-0.3, -0.25) is 0 Å². The van der Waals surface area contributed by atoms with Crippen molar-refractivity contribution >= 4 is 5.97 Å². The standard InChI is InChI=1S/C6H11NO3/c8-5(6(9)10)4-2-1-3-7-4/h4-5,7-8H,1-3H2,(H,9,10)/t4-,5-/m0/s1. The summed E-state index contributed by atoms with van der Waals surface area (Å²) >= 11 is 0. The Labute approximate surface area is 58.9 Å². The molecule has 1 aliphatic rings. The maximum absolute atomic E-state index is 10.2. The van der Waals surface area contributed by atoms with Crippen LogP contribution in [0.4, 0.5) is 0 Å². The first-order valence-corrected chi connectivity index (χ1v) is 3.36. The second-order valence-electron chi connectivity index (χ2n) is 2.49. The van der Waals surface area contributed by atoms with E-state index in [0.29, 0.717) is 0 Å². The van der Waals surface area contributed by atoms with Crippen molar-refractivity contribution < 1.29 is 15.0 Å². The predicted octanol–water partition coefficient (Wildman–Crippen LogP) is -0.816. The Balaban J connectivity index is 2.39. The van der Waals surface area contributed by atoms with Crippen molar-refractivity contribution in [2.45, 2.75) is 25.0 Å². The molecular weight excluding hydrogens is 134 g/mol. The van der Waals surface area contributed by atoms with Gasteiger partial charge in [-0.15, -0.1) is 0 Å². The molecule has 0 aromatic heterocycles. The molecule has 0 aromatic carbocycles. The summed E-state index contributed by atoms with van der Waals surface area (Å²) in [6.45, 7) is 0.814. The molecule has 0 unspecified atom stereocenters. The molecule has 0 aliphatic carbocycles. The van der Waals surface area contributed by atoms with Crippen LogP contribution < -0.4 is 5.32 Å². The fourth-order valence-electron chi connectivity index (χ4n) is 1.15. The summed E-state index contributed by atoms with van der Waals surface area (Å²) in [7, 11) is 0. The molecule has 1 heterocycles. The van der Waals surface area contributed by atoms with E-state index in [-0.39, 0.29) is 6.04 Å². The second kappa shape index (κ2) is 2.98. The molecule has 4 heteroatoms. The van der Waals surface area contributed by atoms with Gasteiger partial charge in [0.1, 0.15) is 0 Å². The van der Waals surface area contributed by atoms with Crippen LogP contribution in [0.1, 0.15) is 12.8 Å². The van der Waals surface area contributed by atoms with Crippen molar-refractivity contribution in [1.82, 2.24) is 5.32 Å². The average Bonchev–Trinajstić information content (AvgIpc) is 2.36. The molecule has 0 radical (unpaired) electrons. The van der Waals surface area contributed by atoms with E-state index >= 15 is 0 Å². The molecule has 3 N–H and O–H groups in total. The van der Waals surface area contributed by atoms with Gasteiger partial charge in [-0.05, 0) is 19.4 Å². The van der Waals surface area contributed by atoms with Crippen LogP contribution in [0.15, 0.2) is 0 Å². The van der Waals surface area contributed by atoms with Crippen LogP contribution in [0, 0.1) is 0 Å². The Morgan fingerprint density at radius 2 is 2.40 bits per heavy atom. The summed E-state index contributed by atoms with van der Waals surface area (Å²) in [6.07, 6.45) is 0.477. The minimum atomic E-state index is -1.23. The molecular formula is C6H11NO3. The quantitative estimate of drug-likeness (QED) is 0.475. The van der Waals surface area contributed by atoms with Crippen LogP contribution in [0.2, 0.25) is 0 Å². The van der Waals surface area contributed by atoms with Gasteiger partial charge in [0, 0.05) is 6.04 Å². The Bertz CT molecular complexity index is 131. The van der Waals surface area contributed by atoms with Crippen molar-refractivity contribution in [3.63, 3.8) is 0 Å². The molecule has 0 spiro atoms. The van der Waals surface area contributed by atoms with E-state index in [4.69, 9.17) is 10.2 Å². The zero-order valence-corrected chi connectivity index (χ0v) is 5.58. The van der Waals surface area contributed by atoms with E-state index in [1.807, 2.05) is 0 Å². The van der Waals surface area contributed by atoms with Gasteiger partial charge in [0.25, 0.3) is 0 Å². The number of aliphatic carboxylic acids is 1. The monoisotopic (exact) mass is 145 g/mol. The molecule has 10 heavy (non-hydrogen) atoms. The molecule has 1 saturated heterocycles. The molecule has 0 aromatic rings. The molecule has 1 aliphatic heterocycles. The summed E-state index contributed by atoms with van der Waals surface area (Å²) in [5.41, 5.74) is 0. The molecule has 4 nitrogen and oxygen atoms in total. The van der Waals surface area contributed by atoms with Gasteiger partial charge in [0.05, 0.1) is 0 Å². The summed E-state index contributed by atoms with van der Waals surface area (Å²) in [6, 6.07) is -0.238. The number of carbonyl (C=O) groups is 1. The number of carboxylic acids is 1. The zero-order chi connectivity index (χ0) is 7.56. The van der Waals surface area contributed by atoms with Gasteiger partial charge in [0.15, 0.2) is 6.10 Å². The molecule has 0 amide bonds. The number of nitrogens with one attached hydrogen (secondary N) is 1. The summed E-state index contributed by atoms with van der Waals surface area (Å²) < 4.78 is 0. The van der Waals surface area contributed by atoms with Gasteiger partial charge in [0.2, 0.25) is 0 Å². The minimum Gasteiger partial charge on any atom is -0.479 e. The highest BCUT2D eigenvalue weighted by Crippen LogP contribution is 2.08. The van der Waals surface area contributed by atoms with Gasteiger partial charge < -0.3 is 15.5 Å². The fraction of sp³-hybridized carbons (Fsp3) is 0.833. The lowest BCUT2D eigenvalue weighted by molar-refractivity contribution is -0.147. The zero-order valence-electron chi connectivity index (χ0n) is 5.58. The van der Waals surface area contributed by atoms with Crippen molar-refractivity contribution in [3.05, 3.63) is 0 Å². The van der Waals surface area contributed by atoms with Crippen LogP contribution in [0.5, 0.6) is 0 Å². The molecule has 58 valence electrons. The predicted molar refractivity (Wildman–Crippen MR) is 34.7 cm³/mol. The number of rotatable bonds is 2. The summed E-state index contributed by atoms with van der Waals surface area (Å²) in [5, 5.41) is 20.2. The van der Waals surface area contributed by atoms with Crippen LogP contribution in [0.25, 0.3) is 0 Å². The number of carboxylic acid groups (broad SMARTS) is 1. The van der Waals surface area contributed by atoms with Crippen molar-refractivity contribution in [2.24, 2.45) is 0 Å². The molecule has 2 atom stereocenters. The smallest absolute Gasteiger partial charge is 0.334 e. The van der Waals surface area contributed by atoms with E-state index < -0.39 is 12.1 Å². The van der Waals surface area contributed by atoms with Gasteiger partial charge in [-0.1, -0.05) is 0 Å². The lowest BCUT2D eigenvalue weighted by Gasteiger charge is -2.12. The minimum absolute atomic E-state index is 0.238. The third-order valence-electron chi connectivity index (χ3n) is 1.73. The topological polar surface area (TPSA) is 69.6 Å². The number of hydrogen-bond acceptors (Lipinski definition) is 3. The lowest BCUT2D eigenvalue weighted by Crippen LogP contribution is -2.40. The third-order valence-corrected chi connectivity index (χ3v) is 1.73. The van der Waals surface area contributed by atoms with Crippen LogP contribution >= 0.6 is 0 Å². The first-order chi connectivity index (χ1) is 4.72. The molecule has 0 bridgehead atoms. The van der Waals surface area contributed by atoms with Gasteiger partial charge >= 0.3 is 5.97 Å². The number of aliphatic hydroxyl groups excluding tert-OH is 1. The van der Waals surface area contributed by atoms with E-state index in [1.165, 1.54) is 0 Å². The van der Waals surface area contributed by atoms with Crippen LogP contribution in [-0.4, -0.2) is 34.9 Å². The first kappa shape index (κ1) is 7.50. The first-order valence-electron chi connectivity index (χ1n) is 3.36. The van der Waals surface area contributed by atoms with Crippen molar-refractivity contribution in [3.8, 4) is 0 Å². The fourth-order valence-corrected chi connectivity index (χ4v) is 1.15. The van der Waals surface area contributed by atoms with Gasteiger partial charge in [-0.2, -0.15) is 0 Å². The highest BCUT2D eigenvalue weighted by molar-refractivity contribution is 5.72. The van der Waals surface area contributed by atoms with Crippen molar-refractivity contribution in [2.75, 3.05) is 6.54 Å². The SMILES string of the molecule is O=C(O)[C@@H](O)[C@@H]1CCCN1. The van der Waals surface area contributed by atoms with Crippen LogP contribution in [-0.2, 0) is 4.79 Å². The lowest BCUT2D eigenvalue weighted by atomic mass is 10.1. The largest absolute Gasteiger partial charge is 0.479 e. The maximum atomic E-state index is 10.2. The Morgan fingerprint density at radius 1 is 1.70 bits per heavy atom. The Hall–Kier alpha value is -0.610. The van der Waals surface area contributed by atoms with E-state index in [9.17, 15) is 4.79 Å². The Morgan fingerprint density at radius 3 is 2.80 bits per heavy atom. The van der Waals surface area contributed by atoms with Gasteiger partial charge in [-0.25, -0.2) is 4.79 Å². The van der Waals surface area contributed by atoms with Crippen LogP contribution in [0.3, 0.4) is 0 Å². The number of aliphatic hydroxyl groups is 1. The highest BCUT2D eigenvalue weighted by atomic mass is 16.4. The maximum Gasteiger partial charge on any atom is 0.334 e. The summed E-state index contributed by atoms with van der Waals surface area (Å²) in [5.74, 6) is -1.14. The van der Waals surface area contributed by atoms with E-state index in [1.54, 1.807) is 0 Å². The number of hydrogen-bond donors (Lipinski definition) is 3. The molecule has 0 saturated carbocycles. The third kappa shape index (κ3) is 1.46.